The minimum Gasteiger partial charge on any atom is -0.508 e. The zero-order chi connectivity index (χ0) is 17.6. The molecule has 136 valence electrons. The van der Waals surface area contributed by atoms with Crippen LogP contribution in [-0.4, -0.2) is 28.0 Å². The summed E-state index contributed by atoms with van der Waals surface area (Å²) in [5, 5.41) is 10.1. The first-order chi connectivity index (χ1) is 12.0. The molecule has 25 heavy (non-hydrogen) atoms. The van der Waals surface area contributed by atoms with Crippen LogP contribution >= 0.6 is 0 Å². The number of piperidine rings is 1. The van der Waals surface area contributed by atoms with Crippen molar-refractivity contribution in [2.45, 2.75) is 82.3 Å². The number of primary amides is 1. The summed E-state index contributed by atoms with van der Waals surface area (Å²) in [4.78, 5) is 14.0. The van der Waals surface area contributed by atoms with E-state index in [4.69, 9.17) is 5.73 Å². The van der Waals surface area contributed by atoms with Crippen molar-refractivity contribution in [2.24, 2.45) is 11.7 Å². The number of benzene rings is 1. The minimum absolute atomic E-state index is 0.0435. The quantitative estimate of drug-likeness (QED) is 0.832. The molecule has 1 aromatic carbocycles. The number of amides is 1. The molecule has 0 aromatic heterocycles. The second-order valence-corrected chi connectivity index (χ2v) is 8.54. The Hall–Kier alpha value is -1.55. The van der Waals surface area contributed by atoms with E-state index in [1.165, 1.54) is 36.8 Å². The van der Waals surface area contributed by atoms with E-state index in [0.29, 0.717) is 24.3 Å². The van der Waals surface area contributed by atoms with Gasteiger partial charge in [0, 0.05) is 30.5 Å². The summed E-state index contributed by atoms with van der Waals surface area (Å²) in [6.45, 7) is 3.35. The van der Waals surface area contributed by atoms with E-state index in [1.54, 1.807) is 0 Å². The van der Waals surface area contributed by atoms with Crippen molar-refractivity contribution in [1.82, 2.24) is 4.90 Å². The molecule has 3 N–H and O–H groups in total. The number of fused-ring (bicyclic) bond motifs is 4. The maximum atomic E-state index is 11.2. The summed E-state index contributed by atoms with van der Waals surface area (Å²) >= 11 is 0. The zero-order valence-corrected chi connectivity index (χ0v) is 15.2. The molecule has 4 rings (SSSR count). The highest BCUT2D eigenvalue weighted by atomic mass is 16.3. The largest absolute Gasteiger partial charge is 0.508 e. The molecule has 4 atom stereocenters. The van der Waals surface area contributed by atoms with Crippen LogP contribution in [0, 0.1) is 5.92 Å². The van der Waals surface area contributed by atoms with Gasteiger partial charge >= 0.3 is 0 Å². The Morgan fingerprint density at radius 1 is 1.36 bits per heavy atom. The number of hydrogen-bond acceptors (Lipinski definition) is 3. The molecular weight excluding hydrogens is 312 g/mol. The van der Waals surface area contributed by atoms with Crippen LogP contribution < -0.4 is 5.73 Å². The summed E-state index contributed by atoms with van der Waals surface area (Å²) in [6, 6.07) is 7.04. The lowest BCUT2D eigenvalue weighted by Crippen LogP contribution is -2.60. The molecule has 2 bridgehead atoms. The monoisotopic (exact) mass is 342 g/mol. The van der Waals surface area contributed by atoms with Crippen molar-refractivity contribution >= 4 is 5.91 Å². The molecule has 4 nitrogen and oxygen atoms in total. The maximum Gasteiger partial charge on any atom is 0.217 e. The highest BCUT2D eigenvalue weighted by Crippen LogP contribution is 2.52. The molecule has 1 amide bonds. The van der Waals surface area contributed by atoms with Gasteiger partial charge < -0.3 is 10.8 Å². The van der Waals surface area contributed by atoms with Crippen LogP contribution in [0.15, 0.2) is 18.2 Å². The Labute approximate surface area is 150 Å². The molecule has 2 unspecified atom stereocenters. The minimum atomic E-state index is -0.213. The lowest BCUT2D eigenvalue weighted by atomic mass is 9.61. The Kier molecular flexibility index (Phi) is 4.27. The fourth-order valence-corrected chi connectivity index (χ4v) is 5.46. The molecular formula is C21H30N2O2. The Morgan fingerprint density at radius 2 is 2.16 bits per heavy atom. The average Bonchev–Trinajstić information content (AvgIpc) is 3.37. The number of phenols is 1. The molecule has 2 fully saturated rings. The van der Waals surface area contributed by atoms with Crippen LogP contribution in [0.1, 0.15) is 69.4 Å². The highest BCUT2D eigenvalue weighted by molar-refractivity contribution is 5.73. The third-order valence-corrected chi connectivity index (χ3v) is 7.02. The van der Waals surface area contributed by atoms with Crippen LogP contribution in [0.2, 0.25) is 0 Å². The first kappa shape index (κ1) is 16.9. The molecule has 2 heterocycles. The third kappa shape index (κ3) is 3.05. The fourth-order valence-electron chi connectivity index (χ4n) is 5.46. The van der Waals surface area contributed by atoms with Gasteiger partial charge in [-0.15, -0.1) is 0 Å². The van der Waals surface area contributed by atoms with E-state index >= 15 is 0 Å². The molecule has 3 aliphatic rings. The summed E-state index contributed by atoms with van der Waals surface area (Å²) in [5.74, 6) is 1.09. The van der Waals surface area contributed by atoms with Crippen molar-refractivity contribution in [3.05, 3.63) is 29.3 Å². The zero-order valence-electron chi connectivity index (χ0n) is 15.2. The van der Waals surface area contributed by atoms with Crippen molar-refractivity contribution in [1.29, 1.82) is 0 Å². The third-order valence-electron chi connectivity index (χ3n) is 7.02. The van der Waals surface area contributed by atoms with Crippen LogP contribution in [-0.2, 0) is 16.8 Å². The van der Waals surface area contributed by atoms with Gasteiger partial charge in [0.2, 0.25) is 5.91 Å². The number of rotatable bonds is 6. The highest BCUT2D eigenvalue weighted by Gasteiger charge is 2.50. The summed E-state index contributed by atoms with van der Waals surface area (Å²) in [7, 11) is 0. The predicted molar refractivity (Wildman–Crippen MR) is 98.2 cm³/mol. The summed E-state index contributed by atoms with van der Waals surface area (Å²) in [5.41, 5.74) is 8.09. The normalized spacial score (nSPS) is 33.7. The maximum absolute atomic E-state index is 11.2. The number of hydrogen-bond donors (Lipinski definition) is 2. The number of carbonyl (C=O) groups excluding carboxylic acids is 1. The van der Waals surface area contributed by atoms with E-state index in [1.807, 2.05) is 12.1 Å². The lowest BCUT2D eigenvalue weighted by Gasteiger charge is -2.57. The molecule has 0 radical (unpaired) electrons. The van der Waals surface area contributed by atoms with Gasteiger partial charge in [-0.2, -0.15) is 0 Å². The van der Waals surface area contributed by atoms with Gasteiger partial charge in [0.1, 0.15) is 5.75 Å². The number of phenolic OH excluding ortho intramolecular Hbond substituents is 1. The van der Waals surface area contributed by atoms with Gasteiger partial charge in [-0.05, 0) is 68.2 Å². The van der Waals surface area contributed by atoms with Gasteiger partial charge in [-0.1, -0.05) is 18.9 Å². The second kappa shape index (κ2) is 6.31. The predicted octanol–water partition coefficient (Wildman–Crippen LogP) is 3.45. The Morgan fingerprint density at radius 3 is 2.88 bits per heavy atom. The molecule has 1 saturated carbocycles. The van der Waals surface area contributed by atoms with Crippen molar-refractivity contribution in [3.63, 3.8) is 0 Å². The van der Waals surface area contributed by atoms with Gasteiger partial charge in [0.05, 0.1) is 0 Å². The van der Waals surface area contributed by atoms with Crippen LogP contribution in [0.25, 0.3) is 0 Å². The average molecular weight is 342 g/mol. The van der Waals surface area contributed by atoms with E-state index in [-0.39, 0.29) is 11.3 Å². The van der Waals surface area contributed by atoms with Crippen LogP contribution in [0.4, 0.5) is 0 Å². The standard InChI is InChI=1S/C21H30N2O2/c1-14-21(9-2-3-20(22)25)10-8-17(11-15-4-5-15)23(14)13-16-6-7-18(24)12-19(16)21/h6-7,12,14-15,17,24H,2-5,8-11,13H2,1H3,(H2,22,25)/t14-,17?,21-/m1/s1. The number of carbonyl (C=O) groups is 1. The van der Waals surface area contributed by atoms with Crippen molar-refractivity contribution in [2.75, 3.05) is 0 Å². The number of nitrogens with zero attached hydrogens (tertiary/aromatic N) is 1. The van der Waals surface area contributed by atoms with Crippen molar-refractivity contribution in [3.8, 4) is 5.75 Å². The van der Waals surface area contributed by atoms with Crippen LogP contribution in [0.5, 0.6) is 5.75 Å². The topological polar surface area (TPSA) is 66.6 Å². The van der Waals surface area contributed by atoms with Crippen molar-refractivity contribution < 1.29 is 9.90 Å². The molecule has 4 heteroatoms. The first-order valence-corrected chi connectivity index (χ1v) is 9.86. The van der Waals surface area contributed by atoms with Crippen LogP contribution in [0.3, 0.4) is 0 Å². The van der Waals surface area contributed by atoms with Gasteiger partial charge in [0.15, 0.2) is 0 Å². The Balaban J connectivity index is 1.66. The lowest BCUT2D eigenvalue weighted by molar-refractivity contribution is -0.118. The molecule has 1 saturated heterocycles. The SMILES string of the molecule is C[C@H]1N2Cc3ccc(O)cc3[C@]1(CCCC(N)=O)CCC2CC1CC1. The van der Waals surface area contributed by atoms with Gasteiger partial charge in [-0.25, -0.2) is 0 Å². The number of nitrogens with two attached hydrogens (primary N) is 1. The Bertz CT molecular complexity index is 670. The van der Waals surface area contributed by atoms with E-state index in [9.17, 15) is 9.90 Å². The molecule has 0 spiro atoms. The molecule has 2 aliphatic heterocycles. The molecule has 1 aromatic rings. The van der Waals surface area contributed by atoms with Gasteiger partial charge in [0.25, 0.3) is 0 Å². The second-order valence-electron chi connectivity index (χ2n) is 8.54. The first-order valence-electron chi connectivity index (χ1n) is 9.86. The summed E-state index contributed by atoms with van der Waals surface area (Å²) < 4.78 is 0. The van der Waals surface area contributed by atoms with E-state index < -0.39 is 0 Å². The fraction of sp³-hybridized carbons (Fsp3) is 0.667. The number of aromatic hydroxyl groups is 1. The summed E-state index contributed by atoms with van der Waals surface area (Å²) in [6.07, 6.45) is 8.79. The van der Waals surface area contributed by atoms with Gasteiger partial charge in [-0.3, -0.25) is 9.69 Å². The smallest absolute Gasteiger partial charge is 0.217 e. The van der Waals surface area contributed by atoms with E-state index in [2.05, 4.69) is 17.9 Å². The molecule has 1 aliphatic carbocycles. The van der Waals surface area contributed by atoms with E-state index in [0.717, 1.165) is 31.7 Å².